The molecule has 0 atom stereocenters. The molecule has 0 saturated carbocycles. The second-order valence-electron chi connectivity index (χ2n) is 3.06. The molecule has 1 aromatic carbocycles. The normalized spacial score (nSPS) is 14.0. The van der Waals surface area contributed by atoms with Crippen molar-refractivity contribution in [3.05, 3.63) is 33.3 Å². The van der Waals surface area contributed by atoms with Crippen LogP contribution in [0.2, 0.25) is 0 Å². The average Bonchev–Trinajstić information content (AvgIpc) is 2.50. The Morgan fingerprint density at radius 3 is 2.92 bits per heavy atom. The summed E-state index contributed by atoms with van der Waals surface area (Å²) in [5, 5.41) is 8.86. The number of hydrogen-bond acceptors (Lipinski definition) is 1. The van der Waals surface area contributed by atoms with E-state index in [2.05, 4.69) is 28.1 Å². The van der Waals surface area contributed by atoms with Crippen molar-refractivity contribution in [2.75, 3.05) is 0 Å². The van der Waals surface area contributed by atoms with Crippen molar-refractivity contribution in [3.63, 3.8) is 0 Å². The number of aryl methyl sites for hydroxylation is 1. The monoisotopic (exact) mass is 221 g/mol. The molecule has 1 nitrogen and oxygen atoms in total. The van der Waals surface area contributed by atoms with E-state index in [9.17, 15) is 0 Å². The molecule has 0 bridgehead atoms. The van der Waals surface area contributed by atoms with Gasteiger partial charge >= 0.3 is 0 Å². The van der Waals surface area contributed by atoms with E-state index in [0.717, 1.165) is 22.9 Å². The summed E-state index contributed by atoms with van der Waals surface area (Å²) in [5.74, 6) is 0. The predicted molar refractivity (Wildman–Crippen MR) is 50.9 cm³/mol. The molecule has 0 aliphatic heterocycles. The lowest BCUT2D eigenvalue weighted by molar-refractivity contribution is 0.911. The molecule has 0 heterocycles. The summed E-state index contributed by atoms with van der Waals surface area (Å²) >= 11 is 3.41. The number of benzene rings is 1. The van der Waals surface area contributed by atoms with Gasteiger partial charge in [-0.1, -0.05) is 15.9 Å². The Hall–Kier alpha value is -0.810. The molecular formula is C10H8BrN. The minimum Gasteiger partial charge on any atom is -0.192 e. The van der Waals surface area contributed by atoms with Crippen molar-refractivity contribution >= 4 is 15.9 Å². The molecule has 0 N–H and O–H groups in total. The van der Waals surface area contributed by atoms with Gasteiger partial charge in [-0.25, -0.2) is 0 Å². The summed E-state index contributed by atoms with van der Waals surface area (Å²) in [7, 11) is 0. The lowest BCUT2D eigenvalue weighted by Gasteiger charge is -2.01. The van der Waals surface area contributed by atoms with Gasteiger partial charge in [-0.15, -0.1) is 0 Å². The van der Waals surface area contributed by atoms with Crippen molar-refractivity contribution in [1.82, 2.24) is 0 Å². The van der Waals surface area contributed by atoms with Crippen LogP contribution in [-0.2, 0) is 12.8 Å². The van der Waals surface area contributed by atoms with Crippen LogP contribution >= 0.6 is 15.9 Å². The summed E-state index contributed by atoms with van der Waals surface area (Å²) in [6.07, 6.45) is 3.40. The molecule has 0 aromatic heterocycles. The Labute approximate surface area is 80.1 Å². The molecule has 12 heavy (non-hydrogen) atoms. The van der Waals surface area contributed by atoms with Gasteiger partial charge in [0.15, 0.2) is 0 Å². The summed E-state index contributed by atoms with van der Waals surface area (Å²) in [6.45, 7) is 0. The number of hydrogen-bond donors (Lipinski definition) is 0. The van der Waals surface area contributed by atoms with Crippen molar-refractivity contribution in [2.45, 2.75) is 19.3 Å². The van der Waals surface area contributed by atoms with Crippen LogP contribution in [0.4, 0.5) is 0 Å². The zero-order valence-electron chi connectivity index (χ0n) is 6.60. The first kappa shape index (κ1) is 7.82. The smallest absolute Gasteiger partial charge is 0.0995 e. The fourth-order valence-electron chi connectivity index (χ4n) is 1.77. The number of nitrogens with zero attached hydrogens (tertiary/aromatic N) is 1. The molecule has 1 aliphatic carbocycles. The SMILES string of the molecule is N#Cc1cc(Br)cc2c1CCC2. The molecule has 1 aromatic rings. The maximum absolute atomic E-state index is 8.86. The van der Waals surface area contributed by atoms with E-state index in [1.54, 1.807) is 0 Å². The van der Waals surface area contributed by atoms with E-state index in [1.807, 2.05) is 6.07 Å². The standard InChI is InChI=1S/C10H8BrN/c11-9-4-7-2-1-3-10(7)8(5-9)6-12/h4-5H,1-3H2. The number of nitriles is 1. The predicted octanol–water partition coefficient (Wildman–Crippen LogP) is 2.81. The third-order valence-corrected chi connectivity index (χ3v) is 2.76. The average molecular weight is 222 g/mol. The van der Waals surface area contributed by atoms with E-state index in [-0.39, 0.29) is 0 Å². The molecule has 2 heteroatoms. The lowest BCUT2D eigenvalue weighted by atomic mass is 10.0. The third kappa shape index (κ3) is 1.15. The zero-order chi connectivity index (χ0) is 8.55. The molecular weight excluding hydrogens is 214 g/mol. The second kappa shape index (κ2) is 2.91. The van der Waals surface area contributed by atoms with Crippen LogP contribution < -0.4 is 0 Å². The molecule has 0 saturated heterocycles. The maximum atomic E-state index is 8.86. The molecule has 0 radical (unpaired) electrons. The summed E-state index contributed by atoms with van der Waals surface area (Å²) in [6, 6.07) is 6.27. The van der Waals surface area contributed by atoms with E-state index >= 15 is 0 Å². The molecule has 0 fully saturated rings. The van der Waals surface area contributed by atoms with E-state index < -0.39 is 0 Å². The van der Waals surface area contributed by atoms with Crippen LogP contribution in [-0.4, -0.2) is 0 Å². The van der Waals surface area contributed by atoms with Crippen LogP contribution in [0, 0.1) is 11.3 Å². The number of rotatable bonds is 0. The second-order valence-corrected chi connectivity index (χ2v) is 3.97. The van der Waals surface area contributed by atoms with E-state index in [1.165, 1.54) is 17.5 Å². The van der Waals surface area contributed by atoms with Gasteiger partial charge in [-0.2, -0.15) is 5.26 Å². The third-order valence-electron chi connectivity index (χ3n) is 2.30. The first-order valence-corrected chi connectivity index (χ1v) is 4.82. The van der Waals surface area contributed by atoms with E-state index in [4.69, 9.17) is 5.26 Å². The topological polar surface area (TPSA) is 23.8 Å². The Morgan fingerprint density at radius 2 is 2.17 bits per heavy atom. The van der Waals surface area contributed by atoms with Gasteiger partial charge in [0.2, 0.25) is 0 Å². The fraction of sp³-hybridized carbons (Fsp3) is 0.300. The van der Waals surface area contributed by atoms with Crippen LogP contribution in [0.15, 0.2) is 16.6 Å². The van der Waals surface area contributed by atoms with Crippen LogP contribution in [0.3, 0.4) is 0 Å². The summed E-state index contributed by atoms with van der Waals surface area (Å²) in [4.78, 5) is 0. The van der Waals surface area contributed by atoms with Crippen molar-refractivity contribution in [2.24, 2.45) is 0 Å². The van der Waals surface area contributed by atoms with Gasteiger partial charge < -0.3 is 0 Å². The Morgan fingerprint density at radius 1 is 1.33 bits per heavy atom. The summed E-state index contributed by atoms with van der Waals surface area (Å²) < 4.78 is 1.03. The molecule has 60 valence electrons. The molecule has 2 rings (SSSR count). The van der Waals surface area contributed by atoms with Crippen molar-refractivity contribution < 1.29 is 0 Å². The van der Waals surface area contributed by atoms with Gasteiger partial charge in [-0.05, 0) is 42.5 Å². The largest absolute Gasteiger partial charge is 0.192 e. The highest BCUT2D eigenvalue weighted by atomic mass is 79.9. The molecule has 1 aliphatic rings. The molecule has 0 spiro atoms. The van der Waals surface area contributed by atoms with Crippen LogP contribution in [0.5, 0.6) is 0 Å². The summed E-state index contributed by atoms with van der Waals surface area (Å²) in [5.41, 5.74) is 3.46. The fourth-order valence-corrected chi connectivity index (χ4v) is 2.27. The lowest BCUT2D eigenvalue weighted by Crippen LogP contribution is -1.88. The number of halogens is 1. The Bertz CT molecular complexity index is 363. The van der Waals surface area contributed by atoms with Gasteiger partial charge in [0.1, 0.15) is 0 Å². The van der Waals surface area contributed by atoms with Gasteiger partial charge in [-0.3, -0.25) is 0 Å². The Balaban J connectivity index is 2.64. The van der Waals surface area contributed by atoms with Gasteiger partial charge in [0.25, 0.3) is 0 Å². The minimum absolute atomic E-state index is 0.844. The van der Waals surface area contributed by atoms with Crippen molar-refractivity contribution in [1.29, 1.82) is 5.26 Å². The van der Waals surface area contributed by atoms with Gasteiger partial charge in [0, 0.05) is 4.47 Å². The Kier molecular flexibility index (Phi) is 1.90. The van der Waals surface area contributed by atoms with E-state index in [0.29, 0.717) is 0 Å². The molecule has 0 unspecified atom stereocenters. The van der Waals surface area contributed by atoms with Crippen LogP contribution in [0.25, 0.3) is 0 Å². The highest BCUT2D eigenvalue weighted by Gasteiger charge is 2.15. The quantitative estimate of drug-likeness (QED) is 0.662. The first-order valence-electron chi connectivity index (χ1n) is 4.02. The molecule has 0 amide bonds. The maximum Gasteiger partial charge on any atom is 0.0995 e. The minimum atomic E-state index is 0.844. The van der Waals surface area contributed by atoms with Crippen molar-refractivity contribution in [3.8, 4) is 6.07 Å². The first-order chi connectivity index (χ1) is 5.81. The highest BCUT2D eigenvalue weighted by molar-refractivity contribution is 9.10. The number of fused-ring (bicyclic) bond motifs is 1. The highest BCUT2D eigenvalue weighted by Crippen LogP contribution is 2.28. The zero-order valence-corrected chi connectivity index (χ0v) is 8.19. The van der Waals surface area contributed by atoms with Crippen LogP contribution in [0.1, 0.15) is 23.1 Å². The van der Waals surface area contributed by atoms with Gasteiger partial charge in [0.05, 0.1) is 11.6 Å².